The van der Waals surface area contributed by atoms with Crippen LogP contribution in [0.1, 0.15) is 75.9 Å². The minimum Gasteiger partial charge on any atom is -0.482 e. The summed E-state index contributed by atoms with van der Waals surface area (Å²) in [6.45, 7) is 9.82. The summed E-state index contributed by atoms with van der Waals surface area (Å²) in [6, 6.07) is 12.1. The highest BCUT2D eigenvalue weighted by Crippen LogP contribution is 2.68. The maximum absolute atomic E-state index is 13.7. The topological polar surface area (TPSA) is 125 Å². The van der Waals surface area contributed by atoms with Crippen LogP contribution in [0.3, 0.4) is 0 Å². The highest BCUT2D eigenvalue weighted by atomic mass is 79.9. The lowest BCUT2D eigenvalue weighted by Crippen LogP contribution is -2.70. The molecule has 0 saturated heterocycles. The van der Waals surface area contributed by atoms with Crippen LogP contribution in [0.2, 0.25) is 0 Å². The fraction of sp³-hybridized carbons (Fsp3) is 0.486. The van der Waals surface area contributed by atoms with E-state index in [4.69, 9.17) is 18.6 Å². The molecule has 10 heteroatoms. The van der Waals surface area contributed by atoms with Crippen molar-refractivity contribution in [1.29, 1.82) is 0 Å². The predicted molar refractivity (Wildman–Crippen MR) is 168 cm³/mol. The van der Waals surface area contributed by atoms with Crippen molar-refractivity contribution in [1.82, 2.24) is 4.98 Å². The van der Waals surface area contributed by atoms with Crippen molar-refractivity contribution in [3.05, 3.63) is 80.9 Å². The maximum Gasteiger partial charge on any atom is 0.345 e. The van der Waals surface area contributed by atoms with Crippen LogP contribution in [-0.2, 0) is 14.3 Å². The molecule has 6 rings (SSSR count). The molecule has 2 saturated carbocycles. The molecule has 9 nitrogen and oxygen atoms in total. The molecular weight excluding hydrogens is 642 g/mol. The molecule has 2 aliphatic carbocycles. The number of aliphatic hydroxyl groups is 1. The molecule has 0 amide bonds. The number of halogens is 1. The molecule has 45 heavy (non-hydrogen) atoms. The first kappa shape index (κ1) is 31.5. The SMILES string of the molecule is CC(=O)OCC1(C)C2C[C@H](OC(=O)c3cccc(Br)c3)[C@@]3(C)Oc4cc(-c5cccnc5)oc(=O)c4[C@H](O)C3[C@@]2(C)CC[C@@H]1C. The number of nitrogens with zero attached hydrogens (tertiary/aromatic N) is 1. The molecule has 238 valence electrons. The molecule has 3 aromatic rings. The Hall–Kier alpha value is -3.50. The van der Waals surface area contributed by atoms with E-state index >= 15 is 0 Å². The smallest absolute Gasteiger partial charge is 0.345 e. The largest absolute Gasteiger partial charge is 0.482 e. The number of esters is 2. The Bertz CT molecular complexity index is 1690. The van der Waals surface area contributed by atoms with Gasteiger partial charge in [-0.1, -0.05) is 42.8 Å². The van der Waals surface area contributed by atoms with Gasteiger partial charge in [0, 0.05) is 46.8 Å². The Labute approximate surface area is 270 Å². The Kier molecular flexibility index (Phi) is 7.96. The van der Waals surface area contributed by atoms with E-state index in [1.807, 2.05) is 13.0 Å². The van der Waals surface area contributed by atoms with Gasteiger partial charge in [0.1, 0.15) is 28.8 Å². The van der Waals surface area contributed by atoms with Gasteiger partial charge in [0.15, 0.2) is 0 Å². The van der Waals surface area contributed by atoms with Crippen LogP contribution < -0.4 is 10.4 Å². The van der Waals surface area contributed by atoms with Gasteiger partial charge in [0.2, 0.25) is 0 Å². The van der Waals surface area contributed by atoms with E-state index in [0.717, 1.165) is 17.3 Å². The summed E-state index contributed by atoms with van der Waals surface area (Å²) in [5.74, 6) is -1.10. The summed E-state index contributed by atoms with van der Waals surface area (Å²) >= 11 is 3.43. The van der Waals surface area contributed by atoms with Crippen LogP contribution in [0.15, 0.2) is 68.5 Å². The van der Waals surface area contributed by atoms with E-state index in [0.29, 0.717) is 17.5 Å². The van der Waals surface area contributed by atoms with Gasteiger partial charge in [0.25, 0.3) is 0 Å². The third kappa shape index (κ3) is 5.19. The normalized spacial score (nSPS) is 33.5. The van der Waals surface area contributed by atoms with Gasteiger partial charge < -0.3 is 23.7 Å². The Morgan fingerprint density at radius 2 is 1.93 bits per heavy atom. The minimum absolute atomic E-state index is 0.0457. The molecule has 2 fully saturated rings. The van der Waals surface area contributed by atoms with Gasteiger partial charge in [-0.3, -0.25) is 9.78 Å². The summed E-state index contributed by atoms with van der Waals surface area (Å²) in [5.41, 5.74) is -2.00. The lowest BCUT2D eigenvalue weighted by Gasteiger charge is -2.66. The van der Waals surface area contributed by atoms with Crippen LogP contribution in [0.4, 0.5) is 0 Å². The van der Waals surface area contributed by atoms with Crippen molar-refractivity contribution in [2.45, 2.75) is 71.7 Å². The number of aromatic nitrogens is 1. The van der Waals surface area contributed by atoms with E-state index in [1.165, 1.54) is 6.92 Å². The maximum atomic E-state index is 13.7. The number of aliphatic hydroxyl groups excluding tert-OH is 1. The number of rotatable bonds is 5. The van der Waals surface area contributed by atoms with E-state index in [1.54, 1.807) is 48.8 Å². The minimum atomic E-state index is -1.27. The van der Waals surface area contributed by atoms with E-state index in [-0.39, 0.29) is 41.5 Å². The molecule has 2 aromatic heterocycles. The molecular formula is C35H38BrNO8. The van der Waals surface area contributed by atoms with Gasteiger partial charge in [-0.25, -0.2) is 9.59 Å². The second-order valence-corrected chi connectivity index (χ2v) is 14.5. The lowest BCUT2D eigenvalue weighted by atomic mass is 9.41. The van der Waals surface area contributed by atoms with Crippen LogP contribution >= 0.6 is 15.9 Å². The van der Waals surface area contributed by atoms with Crippen molar-refractivity contribution >= 4 is 27.9 Å². The Balaban J connectivity index is 1.50. The zero-order chi connectivity index (χ0) is 32.3. The van der Waals surface area contributed by atoms with Gasteiger partial charge >= 0.3 is 17.6 Å². The molecule has 1 aromatic carbocycles. The molecule has 1 aliphatic heterocycles. The first-order chi connectivity index (χ1) is 21.3. The van der Waals surface area contributed by atoms with Gasteiger partial charge in [-0.15, -0.1) is 0 Å². The highest BCUT2D eigenvalue weighted by molar-refractivity contribution is 9.10. The first-order valence-corrected chi connectivity index (χ1v) is 16.1. The average molecular weight is 681 g/mol. The van der Waals surface area contributed by atoms with Crippen molar-refractivity contribution in [2.24, 2.45) is 28.6 Å². The Morgan fingerprint density at radius 1 is 1.16 bits per heavy atom. The number of pyridine rings is 1. The summed E-state index contributed by atoms with van der Waals surface area (Å²) in [6.07, 6.45) is 3.06. The fourth-order valence-electron chi connectivity index (χ4n) is 8.51. The predicted octanol–water partition coefficient (Wildman–Crippen LogP) is 6.52. The summed E-state index contributed by atoms with van der Waals surface area (Å²) in [5, 5.41) is 12.2. The first-order valence-electron chi connectivity index (χ1n) is 15.3. The lowest BCUT2D eigenvalue weighted by molar-refractivity contribution is -0.257. The van der Waals surface area contributed by atoms with Crippen molar-refractivity contribution in [3.8, 4) is 17.1 Å². The summed E-state index contributed by atoms with van der Waals surface area (Å²) < 4.78 is 25.3. The third-order valence-corrected chi connectivity index (χ3v) is 11.5. The molecule has 0 radical (unpaired) electrons. The summed E-state index contributed by atoms with van der Waals surface area (Å²) in [7, 11) is 0. The number of fused-ring (bicyclic) bond motifs is 4. The standard InChI is InChI=1S/C35H38BrNO8/c1-19-11-12-33(3)26(34(19,4)18-42-20(2)38)16-27(44-31(40)21-8-6-10-23(36)14-21)35(5)30(33)29(39)28-25(45-35)15-24(43-32(28)41)22-9-7-13-37-17-22/h6-10,13-15,17,19,26-27,29-30,39H,11-12,16,18H2,1-5H3/t19-,26?,27-,29-,30?,33-,34?,35+/m0/s1. The van der Waals surface area contributed by atoms with Crippen LogP contribution in [0.25, 0.3) is 11.3 Å². The molecule has 3 heterocycles. The number of hydrogen-bond donors (Lipinski definition) is 1. The fourth-order valence-corrected chi connectivity index (χ4v) is 8.91. The van der Waals surface area contributed by atoms with Gasteiger partial charge in [0.05, 0.1) is 18.3 Å². The van der Waals surface area contributed by atoms with Crippen molar-refractivity contribution in [2.75, 3.05) is 6.61 Å². The highest BCUT2D eigenvalue weighted by Gasteiger charge is 2.70. The molecule has 0 bridgehead atoms. The van der Waals surface area contributed by atoms with Gasteiger partial charge in [-0.2, -0.15) is 0 Å². The Morgan fingerprint density at radius 3 is 2.62 bits per heavy atom. The second-order valence-electron chi connectivity index (χ2n) is 13.6. The van der Waals surface area contributed by atoms with Crippen LogP contribution in [0, 0.1) is 28.6 Å². The molecule has 3 aliphatic rings. The number of carbonyl (C=O) groups is 2. The molecule has 0 spiro atoms. The quantitative estimate of drug-likeness (QED) is 0.300. The number of ether oxygens (including phenoxy) is 3. The van der Waals surface area contributed by atoms with Crippen LogP contribution in [0.5, 0.6) is 5.75 Å². The zero-order valence-corrected chi connectivity index (χ0v) is 27.6. The van der Waals surface area contributed by atoms with Crippen LogP contribution in [-0.4, -0.2) is 40.3 Å². The van der Waals surface area contributed by atoms with E-state index in [2.05, 4.69) is 41.7 Å². The number of benzene rings is 1. The number of hydrogen-bond acceptors (Lipinski definition) is 9. The molecule has 1 N–H and O–H groups in total. The monoisotopic (exact) mass is 679 g/mol. The molecule has 8 atom stereocenters. The third-order valence-electron chi connectivity index (χ3n) is 11.0. The number of carbonyl (C=O) groups excluding carboxylic acids is 2. The van der Waals surface area contributed by atoms with E-state index in [9.17, 15) is 19.5 Å². The van der Waals surface area contributed by atoms with Gasteiger partial charge in [-0.05, 0) is 73.8 Å². The molecule has 3 unspecified atom stereocenters. The second kappa shape index (κ2) is 11.4. The van der Waals surface area contributed by atoms with E-state index < -0.39 is 46.2 Å². The zero-order valence-electron chi connectivity index (χ0n) is 26.0. The average Bonchev–Trinajstić information content (AvgIpc) is 2.99. The summed E-state index contributed by atoms with van der Waals surface area (Å²) in [4.78, 5) is 43.4. The van der Waals surface area contributed by atoms with Crippen molar-refractivity contribution in [3.63, 3.8) is 0 Å². The van der Waals surface area contributed by atoms with Crippen molar-refractivity contribution < 1.29 is 33.3 Å².